The molecule has 0 bridgehead atoms. The van der Waals surface area contributed by atoms with Gasteiger partial charge in [0.25, 0.3) is 0 Å². The van der Waals surface area contributed by atoms with Crippen molar-refractivity contribution in [2.45, 2.75) is 90.3 Å². The van der Waals surface area contributed by atoms with Gasteiger partial charge in [0.2, 0.25) is 0 Å². The van der Waals surface area contributed by atoms with E-state index in [0.29, 0.717) is 0 Å². The Labute approximate surface area is 175 Å². The molecule has 0 radical (unpaired) electrons. The van der Waals surface area contributed by atoms with Gasteiger partial charge in [0, 0.05) is 25.2 Å². The molecule has 1 saturated carbocycles. The van der Waals surface area contributed by atoms with E-state index in [9.17, 15) is 10.1 Å². The van der Waals surface area contributed by atoms with Crippen LogP contribution < -0.4 is 5.32 Å². The van der Waals surface area contributed by atoms with E-state index in [1.165, 1.54) is 23.1 Å². The highest BCUT2D eigenvalue weighted by Crippen LogP contribution is 2.33. The van der Waals surface area contributed by atoms with Crippen LogP contribution in [0.15, 0.2) is 12.1 Å². The van der Waals surface area contributed by atoms with Crippen molar-refractivity contribution in [2.24, 2.45) is 0 Å². The van der Waals surface area contributed by atoms with E-state index in [-0.39, 0.29) is 11.6 Å². The lowest BCUT2D eigenvalue weighted by molar-refractivity contribution is 0.0402. The van der Waals surface area contributed by atoms with Gasteiger partial charge in [0.15, 0.2) is 0 Å². The van der Waals surface area contributed by atoms with E-state index in [1.54, 1.807) is 0 Å². The zero-order valence-electron chi connectivity index (χ0n) is 18.4. The van der Waals surface area contributed by atoms with Crippen LogP contribution in [0, 0.1) is 18.3 Å². The number of fused-ring (bicyclic) bond motifs is 1. The second-order valence-corrected chi connectivity index (χ2v) is 9.79. The Balaban J connectivity index is 1.65. The number of nitrogens with zero attached hydrogens (tertiary/aromatic N) is 2. The van der Waals surface area contributed by atoms with Crippen molar-refractivity contribution in [2.75, 3.05) is 13.1 Å². The van der Waals surface area contributed by atoms with Gasteiger partial charge in [-0.2, -0.15) is 5.26 Å². The summed E-state index contributed by atoms with van der Waals surface area (Å²) in [5.74, 6) is 0. The van der Waals surface area contributed by atoms with Gasteiger partial charge in [0.1, 0.15) is 5.60 Å². The van der Waals surface area contributed by atoms with Crippen LogP contribution in [0.4, 0.5) is 4.79 Å². The highest BCUT2D eigenvalue weighted by atomic mass is 16.6. The van der Waals surface area contributed by atoms with Gasteiger partial charge in [-0.25, -0.2) is 4.79 Å². The number of carbonyl (C=O) groups excluding carboxylic acids is 1. The molecule has 0 unspecified atom stereocenters. The molecule has 1 heterocycles. The number of ether oxygens (including phenoxy) is 1. The van der Waals surface area contributed by atoms with Crippen LogP contribution in [0.5, 0.6) is 0 Å². The zero-order valence-corrected chi connectivity index (χ0v) is 18.4. The highest BCUT2D eigenvalue weighted by molar-refractivity contribution is 5.68. The van der Waals surface area contributed by atoms with E-state index in [2.05, 4.69) is 23.2 Å². The lowest BCUT2D eigenvalue weighted by atomic mass is 9.79. The Hall–Kier alpha value is -2.06. The number of amides is 1. The fraction of sp³-hybridized carbons (Fsp3) is 0.667. The largest absolute Gasteiger partial charge is 0.444 e. The number of hydrogen-bond acceptors (Lipinski definition) is 4. The van der Waals surface area contributed by atoms with Gasteiger partial charge in [-0.05, 0) is 82.2 Å². The molecule has 158 valence electrons. The number of nitriles is 1. The predicted molar refractivity (Wildman–Crippen MR) is 115 cm³/mol. The third kappa shape index (κ3) is 5.73. The summed E-state index contributed by atoms with van der Waals surface area (Å²) in [5, 5.41) is 12.5. The smallest absolute Gasteiger partial charge is 0.408 e. The maximum atomic E-state index is 12.5. The molecule has 0 atom stereocenters. The van der Waals surface area contributed by atoms with Crippen molar-refractivity contribution >= 4 is 6.09 Å². The number of alkyl carbamates (subject to hydrolysis) is 1. The minimum atomic E-state index is -0.479. The fourth-order valence-electron chi connectivity index (χ4n) is 4.79. The molecule has 1 amide bonds. The first-order chi connectivity index (χ1) is 13.7. The molecule has 3 rings (SSSR count). The van der Waals surface area contributed by atoms with Crippen LogP contribution in [0.3, 0.4) is 0 Å². The Morgan fingerprint density at radius 2 is 2.00 bits per heavy atom. The second-order valence-electron chi connectivity index (χ2n) is 9.79. The normalized spacial score (nSPS) is 19.1. The fourth-order valence-corrected chi connectivity index (χ4v) is 4.79. The molecule has 1 aliphatic carbocycles. The molecule has 1 aromatic rings. The maximum Gasteiger partial charge on any atom is 0.408 e. The second kappa shape index (κ2) is 8.75. The minimum Gasteiger partial charge on any atom is -0.444 e. The Bertz CT molecular complexity index is 783. The average molecular weight is 398 g/mol. The molecule has 0 saturated heterocycles. The van der Waals surface area contributed by atoms with Gasteiger partial charge in [-0.1, -0.05) is 19.3 Å². The molecule has 1 aliphatic heterocycles. The summed E-state index contributed by atoms with van der Waals surface area (Å²) in [7, 11) is 0. The summed E-state index contributed by atoms with van der Waals surface area (Å²) >= 11 is 0. The molecule has 0 aromatic heterocycles. The standard InChI is InChI=1S/C24H35N3O2/c1-18-14-19(16-25)15-20-17-27(12-8-21(18)20)13-11-24(9-6-5-7-10-24)26-22(28)29-23(2,3)4/h14-15H,5-13,17H2,1-4H3,(H,26,28). The summed E-state index contributed by atoms with van der Waals surface area (Å²) in [5.41, 5.74) is 4.02. The van der Waals surface area contributed by atoms with Gasteiger partial charge < -0.3 is 10.1 Å². The third-order valence-corrected chi connectivity index (χ3v) is 6.25. The molecule has 1 fully saturated rings. The molecular formula is C24H35N3O2. The lowest BCUT2D eigenvalue weighted by Gasteiger charge is -2.40. The van der Waals surface area contributed by atoms with Gasteiger partial charge >= 0.3 is 6.09 Å². The predicted octanol–water partition coefficient (Wildman–Crippen LogP) is 4.84. The third-order valence-electron chi connectivity index (χ3n) is 6.25. The molecule has 1 aromatic carbocycles. The number of hydrogen-bond donors (Lipinski definition) is 1. The van der Waals surface area contributed by atoms with Crippen molar-refractivity contribution in [1.82, 2.24) is 10.2 Å². The van der Waals surface area contributed by atoms with Gasteiger partial charge in [-0.3, -0.25) is 4.90 Å². The molecule has 5 heteroatoms. The zero-order chi connectivity index (χ0) is 21.1. The molecule has 5 nitrogen and oxygen atoms in total. The van der Waals surface area contributed by atoms with Crippen molar-refractivity contribution in [3.63, 3.8) is 0 Å². The Morgan fingerprint density at radius 1 is 1.28 bits per heavy atom. The quantitative estimate of drug-likeness (QED) is 0.789. The van der Waals surface area contributed by atoms with E-state index in [0.717, 1.165) is 63.7 Å². The monoisotopic (exact) mass is 397 g/mol. The van der Waals surface area contributed by atoms with Gasteiger partial charge in [0.05, 0.1) is 11.6 Å². The number of rotatable bonds is 4. The molecular weight excluding hydrogens is 362 g/mol. The Kier molecular flexibility index (Phi) is 6.53. The summed E-state index contributed by atoms with van der Waals surface area (Å²) in [4.78, 5) is 14.9. The van der Waals surface area contributed by atoms with Crippen LogP contribution in [-0.4, -0.2) is 35.2 Å². The highest BCUT2D eigenvalue weighted by Gasteiger charge is 2.35. The number of aryl methyl sites for hydroxylation is 1. The summed E-state index contributed by atoms with van der Waals surface area (Å²) in [6.45, 7) is 10.7. The topological polar surface area (TPSA) is 65.4 Å². The first kappa shape index (κ1) is 21.6. The summed E-state index contributed by atoms with van der Waals surface area (Å²) in [6, 6.07) is 6.32. The number of nitrogens with one attached hydrogen (secondary N) is 1. The average Bonchev–Trinajstić information content (AvgIpc) is 2.65. The van der Waals surface area contributed by atoms with E-state index >= 15 is 0 Å². The first-order valence-corrected chi connectivity index (χ1v) is 11.0. The van der Waals surface area contributed by atoms with Gasteiger partial charge in [-0.15, -0.1) is 0 Å². The van der Waals surface area contributed by atoms with Crippen molar-refractivity contribution in [1.29, 1.82) is 5.26 Å². The van der Waals surface area contributed by atoms with Crippen LogP contribution in [-0.2, 0) is 17.7 Å². The first-order valence-electron chi connectivity index (χ1n) is 11.0. The maximum absolute atomic E-state index is 12.5. The molecule has 1 N–H and O–H groups in total. The van der Waals surface area contributed by atoms with Crippen LogP contribution in [0.2, 0.25) is 0 Å². The van der Waals surface area contributed by atoms with Crippen LogP contribution in [0.1, 0.15) is 81.5 Å². The van der Waals surface area contributed by atoms with Crippen molar-refractivity contribution < 1.29 is 9.53 Å². The van der Waals surface area contributed by atoms with E-state index in [1.807, 2.05) is 32.9 Å². The molecule has 2 aliphatic rings. The van der Waals surface area contributed by atoms with Crippen LogP contribution in [0.25, 0.3) is 0 Å². The molecule has 29 heavy (non-hydrogen) atoms. The van der Waals surface area contributed by atoms with Crippen LogP contribution >= 0.6 is 0 Å². The Morgan fingerprint density at radius 3 is 2.66 bits per heavy atom. The minimum absolute atomic E-state index is 0.161. The number of benzene rings is 1. The van der Waals surface area contributed by atoms with E-state index < -0.39 is 5.60 Å². The van der Waals surface area contributed by atoms with Crippen molar-refractivity contribution in [3.05, 3.63) is 34.4 Å². The summed E-state index contributed by atoms with van der Waals surface area (Å²) in [6.07, 6.45) is 7.27. The van der Waals surface area contributed by atoms with Crippen molar-refractivity contribution in [3.8, 4) is 6.07 Å². The lowest BCUT2D eigenvalue weighted by Crippen LogP contribution is -2.52. The van der Waals surface area contributed by atoms with E-state index in [4.69, 9.17) is 4.74 Å². The summed E-state index contributed by atoms with van der Waals surface area (Å²) < 4.78 is 5.55. The number of carbonyl (C=O) groups is 1. The SMILES string of the molecule is Cc1cc(C#N)cc2c1CCN(CCC1(NC(=O)OC(C)(C)C)CCCCC1)C2. The molecule has 0 spiro atoms.